The number of nitro groups is 1. The molecule has 2 aromatic rings. The zero-order valence-corrected chi connectivity index (χ0v) is 15.1. The van der Waals surface area contributed by atoms with E-state index in [2.05, 4.69) is 20.2 Å². The first kappa shape index (κ1) is 18.7. The summed E-state index contributed by atoms with van der Waals surface area (Å²) in [5.74, 6) is -0.614. The van der Waals surface area contributed by atoms with Gasteiger partial charge in [0.1, 0.15) is 0 Å². The molecule has 25 heavy (non-hydrogen) atoms. The number of rotatable bonds is 6. The molecule has 0 atom stereocenters. The highest BCUT2D eigenvalue weighted by atomic mass is 32.2. The summed E-state index contributed by atoms with van der Waals surface area (Å²) in [5, 5.41) is 20.6. The van der Waals surface area contributed by atoms with Gasteiger partial charge >= 0.3 is 0 Å². The summed E-state index contributed by atoms with van der Waals surface area (Å²) in [7, 11) is -4.09. The van der Waals surface area contributed by atoms with Crippen molar-refractivity contribution in [3.05, 3.63) is 33.9 Å². The van der Waals surface area contributed by atoms with Crippen molar-refractivity contribution >= 4 is 43.8 Å². The smallest absolute Gasteiger partial charge is 0.291 e. The minimum atomic E-state index is -4.09. The number of nitro benzene ring substituents is 1. The summed E-state index contributed by atoms with van der Waals surface area (Å²) in [6, 6.07) is 4.05. The number of nitrogens with zero attached hydrogens (tertiary/aromatic N) is 3. The van der Waals surface area contributed by atoms with Gasteiger partial charge in [-0.25, -0.2) is 0 Å². The van der Waals surface area contributed by atoms with E-state index in [1.165, 1.54) is 25.1 Å². The first-order valence-corrected chi connectivity index (χ1v) is 9.33. The predicted octanol–water partition coefficient (Wildman–Crippen LogP) is 2.15. The molecule has 12 heteroatoms. The van der Waals surface area contributed by atoms with E-state index >= 15 is 0 Å². The third kappa shape index (κ3) is 4.28. The Labute approximate surface area is 147 Å². The number of nitrogens with one attached hydrogen (secondary N) is 2. The number of anilines is 2. The highest BCUT2D eigenvalue weighted by Crippen LogP contribution is 2.28. The monoisotopic (exact) mass is 385 g/mol. The SMILES string of the molecule is Cc1c(NS(=O)(=O)c2nnc(NC(=O)C(C)C)s2)cccc1[N+](=O)[O-]. The largest absolute Gasteiger partial charge is 0.300 e. The van der Waals surface area contributed by atoms with Crippen LogP contribution in [0.4, 0.5) is 16.5 Å². The Morgan fingerprint density at radius 1 is 1.32 bits per heavy atom. The summed E-state index contributed by atoms with van der Waals surface area (Å²) in [5.41, 5.74) is 0.0356. The predicted molar refractivity (Wildman–Crippen MR) is 92.0 cm³/mol. The fourth-order valence-corrected chi connectivity index (χ4v) is 3.77. The van der Waals surface area contributed by atoms with Crippen LogP contribution in [0.25, 0.3) is 0 Å². The minimum Gasteiger partial charge on any atom is -0.300 e. The van der Waals surface area contributed by atoms with Crippen LogP contribution < -0.4 is 10.0 Å². The number of aromatic nitrogens is 2. The number of hydrogen-bond acceptors (Lipinski definition) is 8. The third-order valence-electron chi connectivity index (χ3n) is 3.14. The Bertz CT molecular complexity index is 923. The molecule has 2 N–H and O–H groups in total. The topological polar surface area (TPSA) is 144 Å². The normalized spacial score (nSPS) is 11.4. The molecule has 1 heterocycles. The average Bonchev–Trinajstić information content (AvgIpc) is 2.98. The molecule has 0 aliphatic heterocycles. The van der Waals surface area contributed by atoms with Crippen molar-refractivity contribution in [1.82, 2.24) is 10.2 Å². The van der Waals surface area contributed by atoms with E-state index < -0.39 is 14.9 Å². The lowest BCUT2D eigenvalue weighted by atomic mass is 10.2. The van der Waals surface area contributed by atoms with E-state index in [1.807, 2.05) is 0 Å². The molecule has 0 unspecified atom stereocenters. The van der Waals surface area contributed by atoms with E-state index in [0.717, 1.165) is 0 Å². The lowest BCUT2D eigenvalue weighted by molar-refractivity contribution is -0.385. The lowest BCUT2D eigenvalue weighted by Gasteiger charge is -2.08. The first-order chi connectivity index (χ1) is 11.6. The summed E-state index contributed by atoms with van der Waals surface area (Å²) in [6.07, 6.45) is 0. The molecule has 0 radical (unpaired) electrons. The number of sulfonamides is 1. The molecule has 0 aliphatic rings. The van der Waals surface area contributed by atoms with Crippen molar-refractivity contribution < 1.29 is 18.1 Å². The molecule has 0 saturated carbocycles. The second kappa shape index (κ2) is 7.11. The maximum absolute atomic E-state index is 12.4. The molecule has 0 spiro atoms. The van der Waals surface area contributed by atoms with E-state index in [9.17, 15) is 23.3 Å². The second-order valence-electron chi connectivity index (χ2n) is 5.33. The zero-order chi connectivity index (χ0) is 18.8. The van der Waals surface area contributed by atoms with Gasteiger partial charge in [-0.15, -0.1) is 10.2 Å². The molecule has 10 nitrogen and oxygen atoms in total. The van der Waals surface area contributed by atoms with Crippen molar-refractivity contribution in [3.8, 4) is 0 Å². The van der Waals surface area contributed by atoms with Crippen molar-refractivity contribution in [3.63, 3.8) is 0 Å². The van der Waals surface area contributed by atoms with Gasteiger partial charge in [0.2, 0.25) is 11.0 Å². The van der Waals surface area contributed by atoms with Crippen LogP contribution in [0, 0.1) is 23.0 Å². The molecule has 1 amide bonds. The van der Waals surface area contributed by atoms with Gasteiger partial charge in [0.15, 0.2) is 0 Å². The summed E-state index contributed by atoms with van der Waals surface area (Å²) in [4.78, 5) is 21.9. The number of benzene rings is 1. The molecule has 0 fully saturated rings. The molecule has 0 aliphatic carbocycles. The Kier molecular flexibility index (Phi) is 5.33. The number of hydrogen-bond donors (Lipinski definition) is 2. The molecule has 1 aromatic carbocycles. The highest BCUT2D eigenvalue weighted by molar-refractivity contribution is 7.94. The van der Waals surface area contributed by atoms with Crippen LogP contribution in [-0.2, 0) is 14.8 Å². The van der Waals surface area contributed by atoms with Crippen molar-refractivity contribution in [2.24, 2.45) is 5.92 Å². The number of carbonyl (C=O) groups is 1. The first-order valence-electron chi connectivity index (χ1n) is 7.03. The highest BCUT2D eigenvalue weighted by Gasteiger charge is 2.24. The van der Waals surface area contributed by atoms with Crippen LogP contribution in [0.1, 0.15) is 19.4 Å². The molecular weight excluding hydrogens is 370 g/mol. The van der Waals surface area contributed by atoms with Gasteiger partial charge in [-0.05, 0) is 13.0 Å². The van der Waals surface area contributed by atoms with Crippen LogP contribution >= 0.6 is 11.3 Å². The quantitative estimate of drug-likeness (QED) is 0.440. The van der Waals surface area contributed by atoms with Gasteiger partial charge in [-0.3, -0.25) is 19.6 Å². The van der Waals surface area contributed by atoms with Gasteiger partial charge in [0.05, 0.1) is 16.2 Å². The van der Waals surface area contributed by atoms with Gasteiger partial charge in [-0.1, -0.05) is 31.3 Å². The summed E-state index contributed by atoms with van der Waals surface area (Å²) < 4.78 is 26.7. The summed E-state index contributed by atoms with van der Waals surface area (Å²) >= 11 is 0.683. The molecule has 134 valence electrons. The lowest BCUT2D eigenvalue weighted by Crippen LogP contribution is -2.17. The second-order valence-corrected chi connectivity index (χ2v) is 8.16. The molecule has 2 rings (SSSR count). The maximum atomic E-state index is 12.4. The maximum Gasteiger partial charge on any atom is 0.291 e. The number of carbonyl (C=O) groups excluding carboxylic acids is 1. The van der Waals surface area contributed by atoms with Crippen LogP contribution in [-0.4, -0.2) is 29.4 Å². The fraction of sp³-hybridized carbons (Fsp3) is 0.308. The van der Waals surface area contributed by atoms with Crippen molar-refractivity contribution in [2.75, 3.05) is 10.0 Å². The van der Waals surface area contributed by atoms with Crippen LogP contribution in [0.5, 0.6) is 0 Å². The van der Waals surface area contributed by atoms with Crippen LogP contribution in [0.15, 0.2) is 22.5 Å². The molecule has 1 aromatic heterocycles. The molecule has 0 saturated heterocycles. The third-order valence-corrected chi connectivity index (χ3v) is 5.71. The standard InChI is InChI=1S/C13H15N5O5S2/c1-7(2)11(19)14-12-15-16-13(24-12)25(22,23)17-9-5-4-6-10(8(9)3)18(20)21/h4-7,17H,1-3H3,(H,14,15,19). The fourth-order valence-electron chi connectivity index (χ4n) is 1.74. The van der Waals surface area contributed by atoms with Gasteiger partial charge < -0.3 is 5.32 Å². The van der Waals surface area contributed by atoms with Gasteiger partial charge in [0.25, 0.3) is 20.1 Å². The van der Waals surface area contributed by atoms with Crippen molar-refractivity contribution in [2.45, 2.75) is 25.1 Å². The van der Waals surface area contributed by atoms with Gasteiger partial charge in [0, 0.05) is 12.0 Å². The van der Waals surface area contributed by atoms with Crippen LogP contribution in [0.3, 0.4) is 0 Å². The number of amides is 1. The minimum absolute atomic E-state index is 0.0508. The Hall–Kier alpha value is -2.60. The van der Waals surface area contributed by atoms with E-state index in [1.54, 1.807) is 13.8 Å². The molecular formula is C13H15N5O5S2. The average molecular weight is 385 g/mol. The molecule has 0 bridgehead atoms. The van der Waals surface area contributed by atoms with E-state index in [0.29, 0.717) is 11.3 Å². The Morgan fingerprint density at radius 2 is 2.00 bits per heavy atom. The van der Waals surface area contributed by atoms with Crippen molar-refractivity contribution in [1.29, 1.82) is 0 Å². The Balaban J connectivity index is 2.26. The van der Waals surface area contributed by atoms with Gasteiger partial charge in [-0.2, -0.15) is 8.42 Å². The van der Waals surface area contributed by atoms with E-state index in [4.69, 9.17) is 0 Å². The van der Waals surface area contributed by atoms with E-state index in [-0.39, 0.29) is 38.2 Å². The zero-order valence-electron chi connectivity index (χ0n) is 13.5. The Morgan fingerprint density at radius 3 is 2.60 bits per heavy atom. The summed E-state index contributed by atoms with van der Waals surface area (Å²) in [6.45, 7) is 4.80. The van der Waals surface area contributed by atoms with Crippen LogP contribution in [0.2, 0.25) is 0 Å².